The van der Waals surface area contributed by atoms with E-state index in [9.17, 15) is 8.78 Å². The second kappa shape index (κ2) is 7.29. The van der Waals surface area contributed by atoms with Crippen molar-refractivity contribution < 1.29 is 8.78 Å². The Kier molecular flexibility index (Phi) is 4.69. The molecule has 0 atom stereocenters. The van der Waals surface area contributed by atoms with Crippen LogP contribution in [0, 0.1) is 11.8 Å². The van der Waals surface area contributed by atoms with Crippen LogP contribution in [0.2, 0.25) is 5.28 Å². The van der Waals surface area contributed by atoms with Gasteiger partial charge in [-0.05, 0) is 47.5 Å². The summed E-state index contributed by atoms with van der Waals surface area (Å²) < 4.78 is 28.9. The van der Waals surface area contributed by atoms with E-state index in [4.69, 9.17) is 11.6 Å². The molecule has 0 aliphatic carbocycles. The second-order valence-corrected chi connectivity index (χ2v) is 6.36. The maximum absolute atomic E-state index is 13.7. The average Bonchev–Trinajstić information content (AvgIpc) is 3.00. The van der Waals surface area contributed by atoms with Gasteiger partial charge in [0.05, 0.1) is 17.9 Å². The molecule has 27 heavy (non-hydrogen) atoms. The zero-order valence-corrected chi connectivity index (χ0v) is 14.9. The maximum atomic E-state index is 13.7. The molecule has 2 aromatic carbocycles. The molecule has 0 radical (unpaired) electrons. The van der Waals surface area contributed by atoms with Gasteiger partial charge >= 0.3 is 0 Å². The summed E-state index contributed by atoms with van der Waals surface area (Å²) in [7, 11) is 0. The fourth-order valence-electron chi connectivity index (χ4n) is 2.99. The fraction of sp³-hybridized carbons (Fsp3) is 0.0476. The topological polar surface area (TPSA) is 30.7 Å². The summed E-state index contributed by atoms with van der Waals surface area (Å²) >= 11 is 6.44. The fourth-order valence-corrected chi connectivity index (χ4v) is 3.22. The summed E-state index contributed by atoms with van der Waals surface area (Å²) in [4.78, 5) is 8.05. The van der Waals surface area contributed by atoms with Gasteiger partial charge in [0.25, 0.3) is 0 Å². The second-order valence-electron chi connectivity index (χ2n) is 6.02. The first-order valence-corrected chi connectivity index (χ1v) is 8.67. The first-order valence-electron chi connectivity index (χ1n) is 8.29. The van der Waals surface area contributed by atoms with Crippen LogP contribution in [0.3, 0.4) is 0 Å². The smallest absolute Gasteiger partial charge is 0.213 e. The predicted octanol–water partition coefficient (Wildman–Crippen LogP) is 5.59. The van der Waals surface area contributed by atoms with E-state index < -0.39 is 5.95 Å². The number of hydrogen-bond acceptors (Lipinski definition) is 2. The van der Waals surface area contributed by atoms with Gasteiger partial charge in [0.2, 0.25) is 11.2 Å². The summed E-state index contributed by atoms with van der Waals surface area (Å²) in [5.74, 6) is -0.943. The van der Waals surface area contributed by atoms with Crippen LogP contribution >= 0.6 is 11.6 Å². The lowest BCUT2D eigenvalue weighted by atomic mass is 10.1. The molecule has 0 aliphatic heterocycles. The number of benzene rings is 2. The molecule has 6 heteroatoms. The highest BCUT2D eigenvalue weighted by Crippen LogP contribution is 2.35. The van der Waals surface area contributed by atoms with Gasteiger partial charge in [0.1, 0.15) is 5.82 Å². The van der Waals surface area contributed by atoms with Crippen molar-refractivity contribution in [3.8, 4) is 22.5 Å². The Labute approximate surface area is 159 Å². The van der Waals surface area contributed by atoms with Gasteiger partial charge in [-0.1, -0.05) is 30.3 Å². The van der Waals surface area contributed by atoms with Gasteiger partial charge < -0.3 is 4.57 Å². The van der Waals surface area contributed by atoms with E-state index in [0.717, 1.165) is 11.1 Å². The zero-order chi connectivity index (χ0) is 18.8. The molecule has 4 rings (SSSR count). The van der Waals surface area contributed by atoms with Crippen molar-refractivity contribution in [1.29, 1.82) is 0 Å². The summed E-state index contributed by atoms with van der Waals surface area (Å²) in [6, 6.07) is 18.8. The van der Waals surface area contributed by atoms with Crippen molar-refractivity contribution in [1.82, 2.24) is 14.5 Å². The number of halogens is 3. The van der Waals surface area contributed by atoms with E-state index in [1.807, 2.05) is 34.9 Å². The number of hydrogen-bond donors (Lipinski definition) is 0. The third-order valence-electron chi connectivity index (χ3n) is 4.22. The Morgan fingerprint density at radius 2 is 1.63 bits per heavy atom. The molecular formula is C21H14ClF2N3. The van der Waals surface area contributed by atoms with Crippen LogP contribution < -0.4 is 0 Å². The van der Waals surface area contributed by atoms with Crippen LogP contribution in [0.1, 0.15) is 5.56 Å². The highest BCUT2D eigenvalue weighted by atomic mass is 35.5. The van der Waals surface area contributed by atoms with Crippen molar-refractivity contribution >= 4 is 11.6 Å². The molecule has 3 nitrogen and oxygen atoms in total. The number of rotatable bonds is 4. The molecule has 0 saturated carbocycles. The van der Waals surface area contributed by atoms with Crippen molar-refractivity contribution in [3.63, 3.8) is 0 Å². The Hall–Kier alpha value is -3.05. The molecule has 0 saturated heterocycles. The molecule has 0 bridgehead atoms. The number of pyridine rings is 1. The Morgan fingerprint density at radius 1 is 0.889 bits per heavy atom. The van der Waals surface area contributed by atoms with E-state index in [1.165, 1.54) is 24.4 Å². The van der Waals surface area contributed by atoms with Crippen LogP contribution in [0.5, 0.6) is 0 Å². The summed E-state index contributed by atoms with van der Waals surface area (Å²) in [6.45, 7) is 0.479. The molecule has 0 spiro atoms. The van der Waals surface area contributed by atoms with E-state index in [-0.39, 0.29) is 11.1 Å². The van der Waals surface area contributed by atoms with Gasteiger partial charge in [-0.25, -0.2) is 14.4 Å². The lowest BCUT2D eigenvalue weighted by molar-refractivity contribution is 0.584. The van der Waals surface area contributed by atoms with Crippen LogP contribution in [0.4, 0.5) is 8.78 Å². The molecule has 0 aliphatic rings. The van der Waals surface area contributed by atoms with Crippen molar-refractivity contribution in [2.24, 2.45) is 0 Å². The van der Waals surface area contributed by atoms with Gasteiger partial charge in [-0.15, -0.1) is 0 Å². The third-order valence-corrected chi connectivity index (χ3v) is 4.51. The molecule has 2 heterocycles. The zero-order valence-electron chi connectivity index (χ0n) is 14.1. The lowest BCUT2D eigenvalue weighted by Gasteiger charge is -2.12. The number of nitrogens with zero attached hydrogens (tertiary/aromatic N) is 3. The minimum atomic E-state index is -0.605. The quantitative estimate of drug-likeness (QED) is 0.431. The summed E-state index contributed by atoms with van der Waals surface area (Å²) in [6.07, 6.45) is 1.38. The molecule has 134 valence electrons. The van der Waals surface area contributed by atoms with Gasteiger partial charge in [0.15, 0.2) is 0 Å². The highest BCUT2D eigenvalue weighted by Gasteiger charge is 2.20. The van der Waals surface area contributed by atoms with Crippen LogP contribution in [-0.4, -0.2) is 14.5 Å². The summed E-state index contributed by atoms with van der Waals surface area (Å²) in [5.41, 5.74) is 3.53. The average molecular weight is 382 g/mol. The standard InChI is InChI=1S/C21H14ClF2N3/c22-21-26-19(16-10-11-25-18(24)12-16)20(15-6-8-17(23)9-7-15)27(21)13-14-4-2-1-3-5-14/h1-12H,13H2. The molecule has 0 N–H and O–H groups in total. The number of imidazole rings is 1. The van der Waals surface area contributed by atoms with Crippen LogP contribution in [0.25, 0.3) is 22.5 Å². The van der Waals surface area contributed by atoms with Crippen molar-refractivity contribution in [2.75, 3.05) is 0 Å². The number of aromatic nitrogens is 3. The normalized spacial score (nSPS) is 10.9. The minimum Gasteiger partial charge on any atom is -0.310 e. The van der Waals surface area contributed by atoms with E-state index in [1.54, 1.807) is 18.2 Å². The Morgan fingerprint density at radius 3 is 2.33 bits per heavy atom. The molecule has 4 aromatic rings. The van der Waals surface area contributed by atoms with Crippen molar-refractivity contribution in [2.45, 2.75) is 6.54 Å². The molecule has 0 fully saturated rings. The Balaban J connectivity index is 1.91. The Bertz CT molecular complexity index is 1080. The van der Waals surface area contributed by atoms with E-state index >= 15 is 0 Å². The monoisotopic (exact) mass is 381 g/mol. The SMILES string of the molecule is Fc1ccc(-c2c(-c3ccnc(F)c3)nc(Cl)n2Cc2ccccc2)cc1. The van der Waals surface area contributed by atoms with Gasteiger partial charge in [-0.3, -0.25) is 0 Å². The largest absolute Gasteiger partial charge is 0.310 e. The summed E-state index contributed by atoms with van der Waals surface area (Å²) in [5, 5.41) is 0.269. The molecule has 2 aromatic heterocycles. The highest BCUT2D eigenvalue weighted by molar-refractivity contribution is 6.29. The van der Waals surface area contributed by atoms with Crippen LogP contribution in [0.15, 0.2) is 72.9 Å². The molecule has 0 unspecified atom stereocenters. The van der Waals surface area contributed by atoms with Crippen LogP contribution in [-0.2, 0) is 6.54 Å². The lowest BCUT2D eigenvalue weighted by Crippen LogP contribution is -2.02. The predicted molar refractivity (Wildman–Crippen MR) is 101 cm³/mol. The van der Waals surface area contributed by atoms with E-state index in [2.05, 4.69) is 9.97 Å². The molecular weight excluding hydrogens is 368 g/mol. The van der Waals surface area contributed by atoms with Crippen molar-refractivity contribution in [3.05, 3.63) is 95.5 Å². The molecule has 0 amide bonds. The van der Waals surface area contributed by atoms with E-state index in [0.29, 0.717) is 23.5 Å². The third kappa shape index (κ3) is 3.59. The first kappa shape index (κ1) is 17.4. The van der Waals surface area contributed by atoms with Gasteiger partial charge in [-0.2, -0.15) is 4.39 Å². The van der Waals surface area contributed by atoms with Gasteiger partial charge in [0, 0.05) is 23.4 Å². The minimum absolute atomic E-state index is 0.269. The first-order chi connectivity index (χ1) is 13.1. The maximum Gasteiger partial charge on any atom is 0.213 e.